The number of para-hydroxylation sites is 2. The number of rotatable bonds is 7. The van der Waals surface area contributed by atoms with Gasteiger partial charge in [0.1, 0.15) is 5.52 Å². The number of esters is 1. The molecule has 0 bridgehead atoms. The summed E-state index contributed by atoms with van der Waals surface area (Å²) in [6, 6.07) is 21.0. The van der Waals surface area contributed by atoms with Crippen LogP contribution in [0.2, 0.25) is 0 Å². The molecule has 1 aromatic heterocycles. The van der Waals surface area contributed by atoms with E-state index in [4.69, 9.17) is 9.15 Å². The number of hydrogen-bond donors (Lipinski definition) is 1. The predicted molar refractivity (Wildman–Crippen MR) is 137 cm³/mol. The first-order chi connectivity index (χ1) is 17.9. The van der Waals surface area contributed by atoms with Gasteiger partial charge < -0.3 is 14.5 Å². The number of carbonyl (C=O) groups excluding carboxylic acids is 4. The van der Waals surface area contributed by atoms with E-state index in [1.165, 1.54) is 7.05 Å². The van der Waals surface area contributed by atoms with Crippen LogP contribution < -0.4 is 5.32 Å². The number of fused-ring (bicyclic) bond motifs is 1. The third-order valence-corrected chi connectivity index (χ3v) is 7.02. The van der Waals surface area contributed by atoms with Gasteiger partial charge in [-0.3, -0.25) is 19.3 Å². The number of aromatic nitrogens is 1. The summed E-state index contributed by atoms with van der Waals surface area (Å²) in [6.07, 6.45) is 0.0665. The molecular formula is C27H21N3O6S. The molecule has 1 unspecified atom stereocenters. The first-order valence-corrected chi connectivity index (χ1v) is 12.3. The molecular weight excluding hydrogens is 494 g/mol. The summed E-state index contributed by atoms with van der Waals surface area (Å²) in [5, 5.41) is 2.08. The number of thioether (sulfide) groups is 1. The molecule has 1 atom stereocenters. The highest BCUT2D eigenvalue weighted by molar-refractivity contribution is 8.00. The minimum atomic E-state index is -0.699. The molecule has 9 nitrogen and oxygen atoms in total. The summed E-state index contributed by atoms with van der Waals surface area (Å²) in [7, 11) is 1.44. The van der Waals surface area contributed by atoms with Gasteiger partial charge in [-0.15, -0.1) is 11.8 Å². The van der Waals surface area contributed by atoms with Gasteiger partial charge in [0.25, 0.3) is 5.91 Å². The first-order valence-electron chi connectivity index (χ1n) is 11.4. The highest BCUT2D eigenvalue weighted by atomic mass is 32.2. The second kappa shape index (κ2) is 10.3. The number of imide groups is 1. The van der Waals surface area contributed by atoms with Crippen LogP contribution in [0.5, 0.6) is 0 Å². The smallest absolute Gasteiger partial charge is 0.339 e. The molecule has 0 saturated carbocycles. The highest BCUT2D eigenvalue weighted by Crippen LogP contribution is 2.33. The summed E-state index contributed by atoms with van der Waals surface area (Å²) in [5.74, 6) is -1.30. The number of likely N-dealkylation sites (tertiary alicyclic amines) is 1. The van der Waals surface area contributed by atoms with E-state index in [1.54, 1.807) is 48.5 Å². The van der Waals surface area contributed by atoms with E-state index in [0.717, 1.165) is 27.7 Å². The third kappa shape index (κ3) is 5.24. The van der Waals surface area contributed by atoms with Crippen molar-refractivity contribution in [3.63, 3.8) is 0 Å². The maximum atomic E-state index is 12.7. The zero-order valence-corrected chi connectivity index (χ0v) is 20.5. The molecule has 1 saturated heterocycles. The van der Waals surface area contributed by atoms with Crippen LogP contribution in [0.15, 0.2) is 82.1 Å². The molecule has 0 radical (unpaired) electrons. The molecule has 186 valence electrons. The van der Waals surface area contributed by atoms with Crippen LogP contribution >= 0.6 is 11.8 Å². The van der Waals surface area contributed by atoms with Gasteiger partial charge in [-0.1, -0.05) is 24.3 Å². The van der Waals surface area contributed by atoms with Crippen molar-refractivity contribution < 1.29 is 28.3 Å². The Bertz CT molecular complexity index is 1480. The van der Waals surface area contributed by atoms with Gasteiger partial charge in [0.2, 0.25) is 17.7 Å². The Balaban J connectivity index is 1.18. The van der Waals surface area contributed by atoms with Crippen molar-refractivity contribution >= 4 is 52.2 Å². The molecule has 1 fully saturated rings. The van der Waals surface area contributed by atoms with Crippen molar-refractivity contribution in [3.8, 4) is 11.5 Å². The zero-order chi connectivity index (χ0) is 25.9. The van der Waals surface area contributed by atoms with Crippen molar-refractivity contribution in [2.45, 2.75) is 16.6 Å². The lowest BCUT2D eigenvalue weighted by atomic mass is 10.2. The number of hydrogen-bond acceptors (Lipinski definition) is 8. The molecule has 1 aliphatic rings. The van der Waals surface area contributed by atoms with E-state index >= 15 is 0 Å². The van der Waals surface area contributed by atoms with Crippen LogP contribution in [0.4, 0.5) is 5.69 Å². The third-order valence-electron chi connectivity index (χ3n) is 5.76. The summed E-state index contributed by atoms with van der Waals surface area (Å²) in [4.78, 5) is 55.2. The van der Waals surface area contributed by atoms with E-state index < -0.39 is 23.7 Å². The minimum absolute atomic E-state index is 0.0665. The molecule has 2 heterocycles. The maximum Gasteiger partial charge on any atom is 0.339 e. The van der Waals surface area contributed by atoms with Crippen LogP contribution in [0.3, 0.4) is 0 Å². The number of benzene rings is 3. The quantitative estimate of drug-likeness (QED) is 0.288. The lowest BCUT2D eigenvalue weighted by Crippen LogP contribution is -2.26. The predicted octanol–water partition coefficient (Wildman–Crippen LogP) is 4.14. The number of carbonyl (C=O) groups is 4. The largest absolute Gasteiger partial charge is 0.452 e. The minimum Gasteiger partial charge on any atom is -0.452 e. The van der Waals surface area contributed by atoms with Crippen LogP contribution in [0.1, 0.15) is 16.8 Å². The van der Waals surface area contributed by atoms with Gasteiger partial charge in [0.05, 0.1) is 10.8 Å². The second-order valence-corrected chi connectivity index (χ2v) is 9.53. The molecule has 1 aliphatic heterocycles. The van der Waals surface area contributed by atoms with Gasteiger partial charge in [-0.2, -0.15) is 0 Å². The Hall–Kier alpha value is -4.44. The van der Waals surface area contributed by atoms with Crippen molar-refractivity contribution in [1.82, 2.24) is 9.88 Å². The molecule has 10 heteroatoms. The van der Waals surface area contributed by atoms with E-state index in [2.05, 4.69) is 10.3 Å². The Morgan fingerprint density at radius 3 is 2.51 bits per heavy atom. The van der Waals surface area contributed by atoms with Crippen molar-refractivity contribution in [2.75, 3.05) is 19.0 Å². The van der Waals surface area contributed by atoms with Crippen LogP contribution in [0, 0.1) is 0 Å². The lowest BCUT2D eigenvalue weighted by molar-refractivity contribution is -0.136. The fourth-order valence-electron chi connectivity index (χ4n) is 3.80. The molecule has 0 spiro atoms. The number of nitrogens with one attached hydrogen (secondary N) is 1. The molecule has 4 aromatic rings. The van der Waals surface area contributed by atoms with Gasteiger partial charge >= 0.3 is 5.97 Å². The SMILES string of the molecule is CN1C(=O)CC(Sc2ccccc2C(=O)OCC(=O)Nc2ccc(-c3nc4ccccc4o3)cc2)C1=O. The molecule has 3 amide bonds. The maximum absolute atomic E-state index is 12.7. The average molecular weight is 516 g/mol. The summed E-state index contributed by atoms with van der Waals surface area (Å²) < 4.78 is 11.0. The van der Waals surface area contributed by atoms with Gasteiger partial charge in [-0.25, -0.2) is 9.78 Å². The summed E-state index contributed by atoms with van der Waals surface area (Å²) >= 11 is 1.13. The molecule has 3 aromatic carbocycles. The van der Waals surface area contributed by atoms with E-state index in [1.807, 2.05) is 24.3 Å². The Morgan fingerprint density at radius 1 is 1.05 bits per heavy atom. The van der Waals surface area contributed by atoms with Gasteiger partial charge in [-0.05, 0) is 48.5 Å². The number of oxazole rings is 1. The van der Waals surface area contributed by atoms with E-state index in [-0.39, 0.29) is 23.8 Å². The summed E-state index contributed by atoms with van der Waals surface area (Å²) in [6.45, 7) is -0.492. The number of ether oxygens (including phenoxy) is 1. The first kappa shape index (κ1) is 24.3. The number of anilines is 1. The van der Waals surface area contributed by atoms with Crippen LogP contribution in [-0.4, -0.2) is 52.5 Å². The van der Waals surface area contributed by atoms with E-state index in [9.17, 15) is 19.2 Å². The Kier molecular flexibility index (Phi) is 6.74. The molecule has 0 aliphatic carbocycles. The fraction of sp³-hybridized carbons (Fsp3) is 0.148. The van der Waals surface area contributed by atoms with Crippen LogP contribution in [0.25, 0.3) is 22.6 Å². The standard InChI is InChI=1S/C27H21N3O6S/c1-30-24(32)14-22(26(30)33)37-21-9-5-2-6-18(21)27(34)35-15-23(31)28-17-12-10-16(11-13-17)25-29-19-7-3-4-8-20(19)36-25/h2-13,22H,14-15H2,1H3,(H,28,31). The molecule has 37 heavy (non-hydrogen) atoms. The lowest BCUT2D eigenvalue weighted by Gasteiger charge is -2.12. The summed E-state index contributed by atoms with van der Waals surface area (Å²) in [5.41, 5.74) is 2.94. The number of amides is 3. The number of nitrogens with zero attached hydrogens (tertiary/aromatic N) is 2. The Morgan fingerprint density at radius 2 is 1.78 bits per heavy atom. The second-order valence-electron chi connectivity index (χ2n) is 8.29. The highest BCUT2D eigenvalue weighted by Gasteiger charge is 2.37. The van der Waals surface area contributed by atoms with Gasteiger partial charge in [0, 0.05) is 29.6 Å². The normalized spacial score (nSPS) is 15.3. The van der Waals surface area contributed by atoms with E-state index in [0.29, 0.717) is 22.1 Å². The van der Waals surface area contributed by atoms with Crippen molar-refractivity contribution in [1.29, 1.82) is 0 Å². The van der Waals surface area contributed by atoms with Crippen molar-refractivity contribution in [3.05, 3.63) is 78.4 Å². The van der Waals surface area contributed by atoms with Gasteiger partial charge in [0.15, 0.2) is 12.2 Å². The zero-order valence-electron chi connectivity index (χ0n) is 19.7. The van der Waals surface area contributed by atoms with Crippen molar-refractivity contribution in [2.24, 2.45) is 0 Å². The van der Waals surface area contributed by atoms with Crippen LogP contribution in [-0.2, 0) is 19.1 Å². The topological polar surface area (TPSA) is 119 Å². The molecule has 1 N–H and O–H groups in total. The fourth-order valence-corrected chi connectivity index (χ4v) is 5.03. The average Bonchev–Trinajstić information content (AvgIpc) is 3.45. The Labute approximate surface area is 215 Å². The monoisotopic (exact) mass is 515 g/mol. The molecule has 5 rings (SSSR count).